The summed E-state index contributed by atoms with van der Waals surface area (Å²) in [7, 11) is 0. The molecular weight excluding hydrogens is 338 g/mol. The zero-order valence-corrected chi connectivity index (χ0v) is 15.5. The lowest BCUT2D eigenvalue weighted by atomic mass is 10.2. The number of aliphatic imine (C=N–C) groups is 1. The molecule has 1 aliphatic rings. The summed E-state index contributed by atoms with van der Waals surface area (Å²) in [6.07, 6.45) is 1.89. The third-order valence-corrected chi connectivity index (χ3v) is 6.04. The highest BCUT2D eigenvalue weighted by Gasteiger charge is 2.24. The summed E-state index contributed by atoms with van der Waals surface area (Å²) in [5, 5.41) is 7.51. The number of hydrogen-bond acceptors (Lipinski definition) is 5. The van der Waals surface area contributed by atoms with Gasteiger partial charge in [-0.25, -0.2) is 0 Å². The van der Waals surface area contributed by atoms with E-state index in [1.807, 2.05) is 30.3 Å². The SMILES string of the molecule is CCC1=NC(SCC(=O)Nc2ccccc2)c2cc(CC)sc2N1. The van der Waals surface area contributed by atoms with Gasteiger partial charge < -0.3 is 10.6 Å². The fourth-order valence-corrected chi connectivity index (χ4v) is 4.54. The number of hydrogen-bond donors (Lipinski definition) is 2. The van der Waals surface area contributed by atoms with Crippen molar-refractivity contribution in [1.29, 1.82) is 0 Å². The summed E-state index contributed by atoms with van der Waals surface area (Å²) in [6, 6.07) is 11.8. The van der Waals surface area contributed by atoms with Crippen LogP contribution in [0, 0.1) is 0 Å². The van der Waals surface area contributed by atoms with Crippen LogP contribution < -0.4 is 10.6 Å². The Bertz CT molecular complexity index is 740. The number of carbonyl (C=O) groups excluding carboxylic acids is 1. The van der Waals surface area contributed by atoms with E-state index in [0.29, 0.717) is 5.75 Å². The molecule has 2 N–H and O–H groups in total. The van der Waals surface area contributed by atoms with Crippen LogP contribution in [0.1, 0.15) is 36.1 Å². The van der Waals surface area contributed by atoms with Crippen LogP contribution in [0.3, 0.4) is 0 Å². The Labute approximate surface area is 150 Å². The standard InChI is InChI=1S/C18H21N3OS2/c1-3-13-10-14-17(20-15(4-2)21-18(14)24-13)23-11-16(22)19-12-8-6-5-7-9-12/h5-10,17H,3-4,11H2,1-2H3,(H,19,22)(H,20,21). The Hall–Kier alpha value is -1.79. The van der Waals surface area contributed by atoms with Gasteiger partial charge in [-0.3, -0.25) is 9.79 Å². The molecule has 126 valence electrons. The molecule has 3 rings (SSSR count). The molecule has 4 nitrogen and oxygen atoms in total. The van der Waals surface area contributed by atoms with Gasteiger partial charge in [0.2, 0.25) is 5.91 Å². The van der Waals surface area contributed by atoms with E-state index in [2.05, 4.69) is 30.5 Å². The molecule has 6 heteroatoms. The molecule has 1 amide bonds. The van der Waals surface area contributed by atoms with Crippen molar-refractivity contribution in [2.45, 2.75) is 32.1 Å². The van der Waals surface area contributed by atoms with Gasteiger partial charge >= 0.3 is 0 Å². The Morgan fingerprint density at radius 3 is 2.79 bits per heavy atom. The summed E-state index contributed by atoms with van der Waals surface area (Å²) in [5.74, 6) is 1.38. The topological polar surface area (TPSA) is 53.5 Å². The van der Waals surface area contributed by atoms with Gasteiger partial charge in [0.1, 0.15) is 16.2 Å². The monoisotopic (exact) mass is 359 g/mol. The zero-order chi connectivity index (χ0) is 16.9. The predicted octanol–water partition coefficient (Wildman–Crippen LogP) is 4.92. The number of nitrogens with zero attached hydrogens (tertiary/aromatic N) is 1. The minimum atomic E-state index is -0.00530. The number of fused-ring (bicyclic) bond motifs is 1. The van der Waals surface area contributed by atoms with E-state index in [1.54, 1.807) is 23.1 Å². The number of benzene rings is 1. The minimum Gasteiger partial charge on any atom is -0.335 e. The third kappa shape index (κ3) is 3.99. The van der Waals surface area contributed by atoms with Gasteiger partial charge in [-0.1, -0.05) is 32.0 Å². The molecule has 1 aliphatic heterocycles. The van der Waals surface area contributed by atoms with Crippen LogP contribution in [0.4, 0.5) is 10.7 Å². The van der Waals surface area contributed by atoms with Crippen LogP contribution >= 0.6 is 23.1 Å². The number of rotatable bonds is 6. The van der Waals surface area contributed by atoms with E-state index in [-0.39, 0.29) is 11.3 Å². The van der Waals surface area contributed by atoms with Gasteiger partial charge in [-0.05, 0) is 24.6 Å². The fraction of sp³-hybridized carbons (Fsp3) is 0.333. The van der Waals surface area contributed by atoms with Crippen LogP contribution in [0.5, 0.6) is 0 Å². The number of aryl methyl sites for hydroxylation is 1. The summed E-state index contributed by atoms with van der Waals surface area (Å²) in [4.78, 5) is 18.3. The smallest absolute Gasteiger partial charge is 0.234 e. The van der Waals surface area contributed by atoms with Crippen molar-refractivity contribution in [2.24, 2.45) is 4.99 Å². The van der Waals surface area contributed by atoms with Crippen molar-refractivity contribution >= 4 is 45.5 Å². The second kappa shape index (κ2) is 7.85. The number of thiophene rings is 1. The lowest BCUT2D eigenvalue weighted by Gasteiger charge is -2.21. The van der Waals surface area contributed by atoms with Crippen LogP contribution in [-0.2, 0) is 11.2 Å². The van der Waals surface area contributed by atoms with Crippen LogP contribution in [0.25, 0.3) is 0 Å². The largest absolute Gasteiger partial charge is 0.335 e. The second-order valence-corrected chi connectivity index (χ2v) is 7.69. The van der Waals surface area contributed by atoms with Gasteiger partial charge in [0.05, 0.1) is 5.75 Å². The lowest BCUT2D eigenvalue weighted by molar-refractivity contribution is -0.113. The highest BCUT2D eigenvalue weighted by molar-refractivity contribution is 8.00. The second-order valence-electron chi connectivity index (χ2n) is 5.48. The first kappa shape index (κ1) is 17.0. The molecule has 0 spiro atoms. The van der Waals surface area contributed by atoms with Crippen LogP contribution in [0.2, 0.25) is 0 Å². The summed E-state index contributed by atoms with van der Waals surface area (Å²) in [6.45, 7) is 4.25. The maximum atomic E-state index is 12.2. The molecular formula is C18H21N3OS2. The Morgan fingerprint density at radius 2 is 2.08 bits per heavy atom. The molecule has 0 fully saturated rings. The van der Waals surface area contributed by atoms with E-state index in [1.165, 1.54) is 15.4 Å². The van der Waals surface area contributed by atoms with Gasteiger partial charge in [0.15, 0.2) is 0 Å². The molecule has 0 bridgehead atoms. The van der Waals surface area contributed by atoms with Crippen molar-refractivity contribution in [2.75, 3.05) is 16.4 Å². The molecule has 1 aromatic carbocycles. The van der Waals surface area contributed by atoms with Crippen molar-refractivity contribution in [3.05, 3.63) is 46.8 Å². The van der Waals surface area contributed by atoms with Crippen LogP contribution in [-0.4, -0.2) is 17.5 Å². The van der Waals surface area contributed by atoms with Crippen molar-refractivity contribution < 1.29 is 4.79 Å². The van der Waals surface area contributed by atoms with Gasteiger partial charge in [-0.2, -0.15) is 0 Å². The molecule has 0 aliphatic carbocycles. The average Bonchev–Trinajstić information content (AvgIpc) is 3.03. The minimum absolute atomic E-state index is 0.00507. The first-order chi connectivity index (χ1) is 11.7. The summed E-state index contributed by atoms with van der Waals surface area (Å²) >= 11 is 3.37. The first-order valence-corrected chi connectivity index (χ1v) is 9.99. The molecule has 1 atom stereocenters. The van der Waals surface area contributed by atoms with Gasteiger partial charge in [-0.15, -0.1) is 23.1 Å². The van der Waals surface area contributed by atoms with Crippen molar-refractivity contribution in [1.82, 2.24) is 0 Å². The highest BCUT2D eigenvalue weighted by atomic mass is 32.2. The number of anilines is 2. The number of amidine groups is 1. The lowest BCUT2D eigenvalue weighted by Crippen LogP contribution is -2.19. The molecule has 2 heterocycles. The molecule has 1 unspecified atom stereocenters. The third-order valence-electron chi connectivity index (χ3n) is 3.72. The number of amides is 1. The van der Waals surface area contributed by atoms with Crippen molar-refractivity contribution in [3.63, 3.8) is 0 Å². The maximum absolute atomic E-state index is 12.2. The predicted molar refractivity (Wildman–Crippen MR) is 105 cm³/mol. The van der Waals surface area contributed by atoms with E-state index in [0.717, 1.165) is 24.4 Å². The zero-order valence-electron chi connectivity index (χ0n) is 13.8. The molecule has 0 radical (unpaired) electrons. The molecule has 0 saturated heterocycles. The summed E-state index contributed by atoms with van der Waals surface area (Å²) in [5.41, 5.74) is 2.03. The van der Waals surface area contributed by atoms with E-state index < -0.39 is 0 Å². The van der Waals surface area contributed by atoms with E-state index >= 15 is 0 Å². The van der Waals surface area contributed by atoms with E-state index in [9.17, 15) is 4.79 Å². The van der Waals surface area contributed by atoms with Crippen LogP contribution in [0.15, 0.2) is 41.4 Å². The molecule has 24 heavy (non-hydrogen) atoms. The molecule has 2 aromatic rings. The van der Waals surface area contributed by atoms with Gasteiger partial charge in [0.25, 0.3) is 0 Å². The van der Waals surface area contributed by atoms with E-state index in [4.69, 9.17) is 4.99 Å². The molecule has 1 aromatic heterocycles. The Balaban J connectivity index is 1.66. The summed E-state index contributed by atoms with van der Waals surface area (Å²) < 4.78 is 0. The normalized spacial score (nSPS) is 16.1. The fourth-order valence-electron chi connectivity index (χ4n) is 2.47. The quantitative estimate of drug-likeness (QED) is 0.770. The Morgan fingerprint density at radius 1 is 1.29 bits per heavy atom. The first-order valence-electron chi connectivity index (χ1n) is 8.12. The van der Waals surface area contributed by atoms with Gasteiger partial charge in [0, 0.05) is 22.5 Å². The number of para-hydroxylation sites is 1. The van der Waals surface area contributed by atoms with Crippen molar-refractivity contribution in [3.8, 4) is 0 Å². The highest BCUT2D eigenvalue weighted by Crippen LogP contribution is 2.43. The number of nitrogens with one attached hydrogen (secondary N) is 2. The number of thioether (sulfide) groups is 1. The number of carbonyl (C=O) groups is 1. The molecule has 0 saturated carbocycles. The Kier molecular flexibility index (Phi) is 5.58. The maximum Gasteiger partial charge on any atom is 0.234 e. The average molecular weight is 360 g/mol.